The van der Waals surface area contributed by atoms with Crippen LogP contribution in [0, 0.1) is 10.8 Å². The van der Waals surface area contributed by atoms with Crippen molar-refractivity contribution in [2.24, 2.45) is 5.41 Å². The van der Waals surface area contributed by atoms with Gasteiger partial charge in [0.25, 0.3) is 0 Å². The topological polar surface area (TPSA) is 124 Å². The number of rotatable bonds is 9. The molecule has 4 rings (SSSR count). The molecule has 11 heteroatoms. The minimum absolute atomic E-state index is 0.0370. The zero-order chi connectivity index (χ0) is 27.3. The Hall–Kier alpha value is -4.25. The number of para-hydroxylation sites is 1. The molecule has 198 valence electrons. The van der Waals surface area contributed by atoms with Gasteiger partial charge in [0.1, 0.15) is 11.2 Å². The zero-order valence-electron chi connectivity index (χ0n) is 20.1. The van der Waals surface area contributed by atoms with E-state index in [1.807, 2.05) is 0 Å². The largest absolute Gasteiger partial charge is 0.506 e. The van der Waals surface area contributed by atoms with Crippen molar-refractivity contribution in [3.63, 3.8) is 0 Å². The molecule has 1 aliphatic rings. The van der Waals surface area contributed by atoms with E-state index in [2.05, 4.69) is 15.6 Å². The molecule has 2 heterocycles. The second-order valence-electron chi connectivity index (χ2n) is 8.94. The Morgan fingerprint density at radius 1 is 1.11 bits per heavy atom. The van der Waals surface area contributed by atoms with Gasteiger partial charge in [-0.2, -0.15) is 13.2 Å². The summed E-state index contributed by atoms with van der Waals surface area (Å²) in [6, 6.07) is 13.0. The summed E-state index contributed by atoms with van der Waals surface area (Å²) in [5.74, 6) is -1.08. The monoisotopic (exact) mass is 526 g/mol. The number of Topliss-reactive ketones (excluding diaryl/α,β-unsaturated/α-hetero) is 1. The highest BCUT2D eigenvalue weighted by molar-refractivity contribution is 6.17. The number of hydrogen-bond acceptors (Lipinski definition) is 7. The predicted molar refractivity (Wildman–Crippen MR) is 133 cm³/mol. The van der Waals surface area contributed by atoms with Gasteiger partial charge in [0, 0.05) is 36.3 Å². The van der Waals surface area contributed by atoms with E-state index in [1.165, 1.54) is 36.7 Å². The van der Waals surface area contributed by atoms with Crippen molar-refractivity contribution in [2.45, 2.75) is 25.6 Å². The summed E-state index contributed by atoms with van der Waals surface area (Å²) < 4.78 is 45.1. The summed E-state index contributed by atoms with van der Waals surface area (Å²) in [5, 5.41) is 23.7. The Bertz CT molecular complexity index is 1340. The van der Waals surface area contributed by atoms with E-state index in [1.54, 1.807) is 24.3 Å². The first-order valence-electron chi connectivity index (χ1n) is 11.7. The number of carbonyl (C=O) groups excluding carboxylic acids is 2. The molecule has 0 spiro atoms. The molecule has 0 aliphatic carbocycles. The first-order valence-corrected chi connectivity index (χ1v) is 11.7. The van der Waals surface area contributed by atoms with Gasteiger partial charge in [-0.05, 0) is 42.3 Å². The Morgan fingerprint density at radius 2 is 1.84 bits per heavy atom. The SMILES string of the molecule is N=C(CC(=O)c1cncc(O)c1)[C@@]1(C(=O)NCc2ccc(Nc3ccccc3C(F)(F)F)cc2)CCOC1. The molecule has 2 aromatic carbocycles. The summed E-state index contributed by atoms with van der Waals surface area (Å²) in [6.07, 6.45) is -2.11. The lowest BCUT2D eigenvalue weighted by Crippen LogP contribution is -2.47. The van der Waals surface area contributed by atoms with Crippen LogP contribution in [0.15, 0.2) is 67.0 Å². The van der Waals surface area contributed by atoms with Gasteiger partial charge in [0.2, 0.25) is 5.91 Å². The molecule has 1 aliphatic heterocycles. The van der Waals surface area contributed by atoms with Gasteiger partial charge in [-0.3, -0.25) is 14.6 Å². The number of nitrogens with zero attached hydrogens (tertiary/aromatic N) is 1. The smallest absolute Gasteiger partial charge is 0.418 e. The summed E-state index contributed by atoms with van der Waals surface area (Å²) in [4.78, 5) is 29.6. The van der Waals surface area contributed by atoms with Crippen LogP contribution in [0.25, 0.3) is 0 Å². The lowest BCUT2D eigenvalue weighted by Gasteiger charge is -2.27. The maximum Gasteiger partial charge on any atom is 0.418 e. The molecule has 0 bridgehead atoms. The molecule has 8 nitrogen and oxygen atoms in total. The number of alkyl halides is 3. The van der Waals surface area contributed by atoms with Crippen LogP contribution >= 0.6 is 0 Å². The molecule has 0 saturated carbocycles. The Balaban J connectivity index is 1.39. The van der Waals surface area contributed by atoms with E-state index >= 15 is 0 Å². The highest BCUT2D eigenvalue weighted by Crippen LogP contribution is 2.36. The second kappa shape index (κ2) is 11.0. The number of ketones is 1. The summed E-state index contributed by atoms with van der Waals surface area (Å²) >= 11 is 0. The maximum absolute atomic E-state index is 13.2. The molecule has 0 radical (unpaired) electrons. The summed E-state index contributed by atoms with van der Waals surface area (Å²) in [6.45, 7) is 0.333. The van der Waals surface area contributed by atoms with Crippen LogP contribution in [0.4, 0.5) is 24.5 Å². The fourth-order valence-electron chi connectivity index (χ4n) is 4.18. The van der Waals surface area contributed by atoms with E-state index in [-0.39, 0.29) is 55.3 Å². The van der Waals surface area contributed by atoms with Crippen LogP contribution in [0.5, 0.6) is 5.75 Å². The third kappa shape index (κ3) is 6.00. The lowest BCUT2D eigenvalue weighted by atomic mass is 9.78. The minimum Gasteiger partial charge on any atom is -0.506 e. The fourth-order valence-corrected chi connectivity index (χ4v) is 4.18. The Labute approximate surface area is 216 Å². The van der Waals surface area contributed by atoms with Gasteiger partial charge in [-0.1, -0.05) is 24.3 Å². The molecular formula is C27H25F3N4O4. The van der Waals surface area contributed by atoms with Crippen molar-refractivity contribution in [1.29, 1.82) is 5.41 Å². The highest BCUT2D eigenvalue weighted by Gasteiger charge is 2.46. The molecule has 3 aromatic rings. The molecule has 1 atom stereocenters. The molecule has 0 unspecified atom stereocenters. The number of amides is 1. The predicted octanol–water partition coefficient (Wildman–Crippen LogP) is 4.87. The number of carbonyl (C=O) groups is 2. The van der Waals surface area contributed by atoms with Crippen LogP contribution in [-0.4, -0.2) is 40.7 Å². The summed E-state index contributed by atoms with van der Waals surface area (Å²) in [7, 11) is 0. The van der Waals surface area contributed by atoms with E-state index < -0.39 is 28.8 Å². The maximum atomic E-state index is 13.2. The number of anilines is 2. The van der Waals surface area contributed by atoms with Gasteiger partial charge < -0.3 is 25.9 Å². The number of ether oxygens (including phenoxy) is 1. The van der Waals surface area contributed by atoms with Gasteiger partial charge in [0.15, 0.2) is 5.78 Å². The van der Waals surface area contributed by atoms with Crippen LogP contribution in [0.2, 0.25) is 0 Å². The van der Waals surface area contributed by atoms with Gasteiger partial charge >= 0.3 is 6.18 Å². The Morgan fingerprint density at radius 3 is 2.50 bits per heavy atom. The highest BCUT2D eigenvalue weighted by atomic mass is 19.4. The van der Waals surface area contributed by atoms with Crippen molar-refractivity contribution in [3.05, 3.63) is 83.7 Å². The minimum atomic E-state index is -4.49. The van der Waals surface area contributed by atoms with Crippen LogP contribution in [0.1, 0.15) is 34.3 Å². The van der Waals surface area contributed by atoms with Gasteiger partial charge in [0.05, 0.1) is 30.5 Å². The first kappa shape index (κ1) is 26.8. The molecule has 38 heavy (non-hydrogen) atoms. The molecular weight excluding hydrogens is 501 g/mol. The van der Waals surface area contributed by atoms with Gasteiger partial charge in [-0.25, -0.2) is 0 Å². The number of nitrogens with one attached hydrogen (secondary N) is 3. The number of halogens is 3. The van der Waals surface area contributed by atoms with Crippen molar-refractivity contribution >= 4 is 28.8 Å². The van der Waals surface area contributed by atoms with Gasteiger partial charge in [-0.15, -0.1) is 0 Å². The van der Waals surface area contributed by atoms with Crippen molar-refractivity contribution < 1.29 is 32.6 Å². The average molecular weight is 527 g/mol. The normalized spacial score (nSPS) is 17.1. The number of hydrogen-bond donors (Lipinski definition) is 4. The third-order valence-corrected chi connectivity index (χ3v) is 6.34. The molecule has 4 N–H and O–H groups in total. The quantitative estimate of drug-likeness (QED) is 0.233. The standard InChI is InChI=1S/C27H25F3N4O4/c28-27(29,30)21-3-1-2-4-22(21)34-19-7-5-17(6-8-19)13-33-25(37)26(9-10-38-16-26)24(31)12-23(36)18-11-20(35)15-32-14-18/h1-8,11,14-15,31,34-35H,9-10,12-13,16H2,(H,33,37)/t26-/m1/s1. The molecule has 1 fully saturated rings. The van der Waals surface area contributed by atoms with Crippen LogP contribution in [-0.2, 0) is 22.3 Å². The molecule has 1 amide bonds. The van der Waals surface area contributed by atoms with Crippen LogP contribution in [0.3, 0.4) is 0 Å². The lowest BCUT2D eigenvalue weighted by molar-refractivity contribution is -0.137. The van der Waals surface area contributed by atoms with E-state index in [9.17, 15) is 27.9 Å². The number of benzene rings is 2. The fraction of sp³-hybridized carbons (Fsp3) is 0.259. The first-order chi connectivity index (χ1) is 18.1. The van der Waals surface area contributed by atoms with E-state index in [4.69, 9.17) is 10.1 Å². The van der Waals surface area contributed by atoms with Crippen LogP contribution < -0.4 is 10.6 Å². The van der Waals surface area contributed by atoms with Crippen molar-refractivity contribution in [3.8, 4) is 5.75 Å². The van der Waals surface area contributed by atoms with Crippen molar-refractivity contribution in [1.82, 2.24) is 10.3 Å². The number of pyridine rings is 1. The molecule has 1 saturated heterocycles. The van der Waals surface area contributed by atoms with E-state index in [0.717, 1.165) is 6.07 Å². The molecule has 1 aromatic heterocycles. The summed E-state index contributed by atoms with van der Waals surface area (Å²) in [5.41, 5.74) is -0.974. The zero-order valence-corrected chi connectivity index (χ0v) is 20.1. The average Bonchev–Trinajstić information content (AvgIpc) is 3.39. The third-order valence-electron chi connectivity index (χ3n) is 6.34. The Kier molecular flexibility index (Phi) is 7.77. The van der Waals surface area contributed by atoms with E-state index in [0.29, 0.717) is 11.3 Å². The number of aromatic hydroxyl groups is 1. The van der Waals surface area contributed by atoms with Crippen molar-refractivity contribution in [2.75, 3.05) is 18.5 Å². The second-order valence-corrected chi connectivity index (χ2v) is 8.94. The number of aromatic nitrogens is 1.